The highest BCUT2D eigenvalue weighted by molar-refractivity contribution is 14.0. The molecule has 0 aliphatic carbocycles. The first kappa shape index (κ1) is 23.0. The van der Waals surface area contributed by atoms with Gasteiger partial charge >= 0.3 is 6.18 Å². The van der Waals surface area contributed by atoms with E-state index in [9.17, 15) is 13.2 Å². The molecule has 2 aliphatic heterocycles. The number of hydrogen-bond acceptors (Lipinski definition) is 4. The van der Waals surface area contributed by atoms with Gasteiger partial charge in [-0.25, -0.2) is 9.98 Å². The minimum Gasteiger partial charge on any atom is -0.468 e. The maximum absolute atomic E-state index is 12.3. The third kappa shape index (κ3) is 6.36. The number of halogens is 4. The van der Waals surface area contributed by atoms with Crippen molar-refractivity contribution in [3.63, 3.8) is 0 Å². The van der Waals surface area contributed by atoms with Crippen molar-refractivity contribution in [3.05, 3.63) is 23.9 Å². The summed E-state index contributed by atoms with van der Waals surface area (Å²) in [4.78, 5) is 10.7. The van der Waals surface area contributed by atoms with E-state index in [-0.39, 0.29) is 35.3 Å². The highest BCUT2D eigenvalue weighted by atomic mass is 127. The van der Waals surface area contributed by atoms with Gasteiger partial charge in [-0.3, -0.25) is 0 Å². The largest absolute Gasteiger partial charge is 0.468 e. The van der Waals surface area contributed by atoms with Crippen LogP contribution < -0.4 is 10.1 Å². The van der Waals surface area contributed by atoms with Crippen LogP contribution in [0, 0.1) is 5.41 Å². The predicted molar refractivity (Wildman–Crippen MR) is 110 cm³/mol. The Hall–Kier alpha value is -1.30. The number of hydrogen-bond donors (Lipinski definition) is 1. The van der Waals surface area contributed by atoms with Crippen LogP contribution in [0.25, 0.3) is 0 Å². The molecule has 1 unspecified atom stereocenters. The summed E-state index contributed by atoms with van der Waals surface area (Å²) in [5.74, 6) is 0.768. The minimum absolute atomic E-state index is 0. The van der Waals surface area contributed by atoms with Crippen molar-refractivity contribution in [1.82, 2.24) is 15.2 Å². The number of aromatic nitrogens is 1. The Balaban J connectivity index is 0.00000280. The molecule has 0 radical (unpaired) electrons. The number of likely N-dealkylation sites (tertiary alicyclic amines) is 1. The zero-order chi connectivity index (χ0) is 19.3. The van der Waals surface area contributed by atoms with Gasteiger partial charge in [-0.2, -0.15) is 13.2 Å². The molecule has 1 N–H and O–H groups in total. The maximum atomic E-state index is 12.3. The molecule has 2 saturated heterocycles. The van der Waals surface area contributed by atoms with Gasteiger partial charge in [0.1, 0.15) is 0 Å². The maximum Gasteiger partial charge on any atom is 0.422 e. The molecule has 1 aromatic heterocycles. The van der Waals surface area contributed by atoms with Crippen molar-refractivity contribution in [1.29, 1.82) is 0 Å². The van der Waals surface area contributed by atoms with E-state index in [1.807, 2.05) is 6.92 Å². The molecule has 1 aromatic rings. The summed E-state index contributed by atoms with van der Waals surface area (Å²) in [5, 5.41) is 3.30. The van der Waals surface area contributed by atoms with E-state index in [4.69, 9.17) is 9.47 Å². The van der Waals surface area contributed by atoms with Crippen molar-refractivity contribution < 1.29 is 22.6 Å². The molecule has 2 fully saturated rings. The van der Waals surface area contributed by atoms with Crippen molar-refractivity contribution in [3.8, 4) is 5.88 Å². The molecule has 0 aromatic carbocycles. The molecule has 3 heterocycles. The van der Waals surface area contributed by atoms with E-state index in [0.717, 1.165) is 57.2 Å². The van der Waals surface area contributed by atoms with Crippen LogP contribution in [0.3, 0.4) is 0 Å². The first-order valence-electron chi connectivity index (χ1n) is 9.15. The highest BCUT2D eigenvalue weighted by Crippen LogP contribution is 2.38. The molecule has 1 spiro atoms. The summed E-state index contributed by atoms with van der Waals surface area (Å²) in [6.07, 6.45) is -0.789. The molecular weight excluding hydrogens is 488 g/mol. The number of rotatable bonds is 5. The van der Waals surface area contributed by atoms with Crippen molar-refractivity contribution in [2.45, 2.75) is 32.5 Å². The van der Waals surface area contributed by atoms with Gasteiger partial charge in [0, 0.05) is 43.9 Å². The van der Waals surface area contributed by atoms with Crippen molar-refractivity contribution in [2.24, 2.45) is 10.4 Å². The fraction of sp³-hybridized carbons (Fsp3) is 0.667. The zero-order valence-corrected chi connectivity index (χ0v) is 18.1. The minimum atomic E-state index is -4.39. The lowest BCUT2D eigenvalue weighted by molar-refractivity contribution is -0.154. The first-order chi connectivity index (χ1) is 12.9. The molecule has 2 aliphatic rings. The van der Waals surface area contributed by atoms with E-state index >= 15 is 0 Å². The summed E-state index contributed by atoms with van der Waals surface area (Å²) in [5.41, 5.74) is 0.974. The van der Waals surface area contributed by atoms with E-state index < -0.39 is 12.8 Å². The average Bonchev–Trinajstić information content (AvgIpc) is 3.27. The van der Waals surface area contributed by atoms with Gasteiger partial charge in [0.25, 0.3) is 0 Å². The summed E-state index contributed by atoms with van der Waals surface area (Å²) in [6.45, 7) is 5.19. The molecule has 10 heteroatoms. The van der Waals surface area contributed by atoms with Gasteiger partial charge in [0.2, 0.25) is 5.88 Å². The molecule has 3 rings (SSSR count). The van der Waals surface area contributed by atoms with Crippen LogP contribution >= 0.6 is 24.0 Å². The number of aliphatic imine (C=N–C) groups is 1. The van der Waals surface area contributed by atoms with Crippen LogP contribution in [0.15, 0.2) is 23.3 Å². The SMILES string of the molecule is CCNC(=NCc1ccnc(OCC(F)(F)F)c1)N1CCC2(CCOC2)C1.I. The van der Waals surface area contributed by atoms with Gasteiger partial charge in [-0.05, 0) is 31.4 Å². The lowest BCUT2D eigenvalue weighted by Gasteiger charge is -2.25. The van der Waals surface area contributed by atoms with Crippen molar-refractivity contribution in [2.75, 3.05) is 39.5 Å². The van der Waals surface area contributed by atoms with Crippen LogP contribution in [0.2, 0.25) is 0 Å². The standard InChI is InChI=1S/C18H25F3N4O2.HI/c1-2-22-16(25-7-4-17(11-25)5-8-26-12-17)24-10-14-3-6-23-15(9-14)27-13-18(19,20)21;/h3,6,9H,2,4-5,7-8,10-13H2,1H3,(H,22,24);1H. The van der Waals surface area contributed by atoms with Gasteiger partial charge in [-0.15, -0.1) is 24.0 Å². The second-order valence-corrected chi connectivity index (χ2v) is 7.05. The van der Waals surface area contributed by atoms with E-state index in [2.05, 4.69) is 20.2 Å². The fourth-order valence-corrected chi connectivity index (χ4v) is 3.46. The monoisotopic (exact) mass is 514 g/mol. The number of alkyl halides is 3. The topological polar surface area (TPSA) is 59.0 Å². The second kappa shape index (κ2) is 9.95. The number of pyridine rings is 1. The summed E-state index contributed by atoms with van der Waals surface area (Å²) < 4.78 is 47.1. The average molecular weight is 514 g/mol. The predicted octanol–water partition coefficient (Wildman–Crippen LogP) is 3.22. The lowest BCUT2D eigenvalue weighted by Crippen LogP contribution is -2.41. The van der Waals surface area contributed by atoms with Gasteiger partial charge < -0.3 is 19.7 Å². The molecular formula is C18H26F3IN4O2. The van der Waals surface area contributed by atoms with Crippen molar-refractivity contribution >= 4 is 29.9 Å². The van der Waals surface area contributed by atoms with Crippen LogP contribution in [-0.4, -0.2) is 61.5 Å². The molecule has 158 valence electrons. The Labute approximate surface area is 179 Å². The molecule has 1 atom stereocenters. The molecule has 6 nitrogen and oxygen atoms in total. The van der Waals surface area contributed by atoms with E-state index in [0.29, 0.717) is 6.54 Å². The smallest absolute Gasteiger partial charge is 0.422 e. The van der Waals surface area contributed by atoms with E-state index in [1.54, 1.807) is 6.07 Å². The van der Waals surface area contributed by atoms with Crippen LogP contribution in [0.4, 0.5) is 13.2 Å². The highest BCUT2D eigenvalue weighted by Gasteiger charge is 2.42. The molecule has 0 saturated carbocycles. The fourth-order valence-electron chi connectivity index (χ4n) is 3.46. The Kier molecular flexibility index (Phi) is 8.17. The second-order valence-electron chi connectivity index (χ2n) is 7.05. The number of nitrogens with one attached hydrogen (secondary N) is 1. The van der Waals surface area contributed by atoms with Crippen LogP contribution in [-0.2, 0) is 11.3 Å². The Morgan fingerprint density at radius 2 is 2.25 bits per heavy atom. The quantitative estimate of drug-likeness (QED) is 0.372. The Bertz CT molecular complexity index is 666. The van der Waals surface area contributed by atoms with Gasteiger partial charge in [0.05, 0.1) is 13.2 Å². The third-order valence-corrected chi connectivity index (χ3v) is 4.85. The van der Waals surface area contributed by atoms with Gasteiger partial charge in [-0.1, -0.05) is 0 Å². The Morgan fingerprint density at radius 3 is 2.93 bits per heavy atom. The first-order valence-corrected chi connectivity index (χ1v) is 9.15. The summed E-state index contributed by atoms with van der Waals surface area (Å²) in [7, 11) is 0. The Morgan fingerprint density at radius 1 is 1.43 bits per heavy atom. The number of guanidine groups is 1. The zero-order valence-electron chi connectivity index (χ0n) is 15.8. The summed E-state index contributed by atoms with van der Waals surface area (Å²) in [6, 6.07) is 3.22. The number of nitrogens with zero attached hydrogens (tertiary/aromatic N) is 3. The van der Waals surface area contributed by atoms with Crippen LogP contribution in [0.5, 0.6) is 5.88 Å². The molecule has 28 heavy (non-hydrogen) atoms. The number of ether oxygens (including phenoxy) is 2. The molecule has 0 bridgehead atoms. The lowest BCUT2D eigenvalue weighted by atomic mass is 9.87. The molecule has 0 amide bonds. The van der Waals surface area contributed by atoms with Gasteiger partial charge in [0.15, 0.2) is 12.6 Å². The van der Waals surface area contributed by atoms with Crippen LogP contribution in [0.1, 0.15) is 25.3 Å². The normalized spacial score (nSPS) is 22.4. The third-order valence-electron chi connectivity index (χ3n) is 4.85. The van der Waals surface area contributed by atoms with E-state index in [1.165, 1.54) is 12.3 Å². The summed E-state index contributed by atoms with van der Waals surface area (Å²) >= 11 is 0.